The Labute approximate surface area is 175 Å². The van der Waals surface area contributed by atoms with E-state index in [0.717, 1.165) is 11.6 Å². The van der Waals surface area contributed by atoms with E-state index in [2.05, 4.69) is 5.32 Å². The standard InChI is InChI=1S/C20H20F3N3O5/c1-13(24-16-9-8-15(20(21,22)23)10-17(16)26(29)30)19(28)31-12-18(27)25(2)11-14-6-4-3-5-7-14/h3-10,13,24H,11-12H2,1-2H3. The van der Waals surface area contributed by atoms with Crippen LogP contribution >= 0.6 is 0 Å². The molecular formula is C20H20F3N3O5. The van der Waals surface area contributed by atoms with Crippen molar-refractivity contribution in [3.05, 3.63) is 69.8 Å². The van der Waals surface area contributed by atoms with Gasteiger partial charge in [-0.05, 0) is 24.6 Å². The second-order valence-electron chi connectivity index (χ2n) is 6.70. The highest BCUT2D eigenvalue weighted by Gasteiger charge is 2.33. The number of halogens is 3. The van der Waals surface area contributed by atoms with Gasteiger partial charge in [0, 0.05) is 19.7 Å². The monoisotopic (exact) mass is 439 g/mol. The lowest BCUT2D eigenvalue weighted by Gasteiger charge is -2.19. The number of carbonyl (C=O) groups excluding carboxylic acids is 2. The van der Waals surface area contributed by atoms with Crippen molar-refractivity contribution in [2.24, 2.45) is 0 Å². The minimum atomic E-state index is -4.75. The van der Waals surface area contributed by atoms with E-state index in [0.29, 0.717) is 18.7 Å². The number of carbonyl (C=O) groups is 2. The number of rotatable bonds is 8. The third-order valence-electron chi connectivity index (χ3n) is 4.27. The highest BCUT2D eigenvalue weighted by atomic mass is 19.4. The second-order valence-corrected chi connectivity index (χ2v) is 6.70. The number of nitrogens with zero attached hydrogens (tertiary/aromatic N) is 2. The topological polar surface area (TPSA) is 102 Å². The summed E-state index contributed by atoms with van der Waals surface area (Å²) >= 11 is 0. The summed E-state index contributed by atoms with van der Waals surface area (Å²) in [6.07, 6.45) is -4.75. The Morgan fingerprint density at radius 1 is 1.19 bits per heavy atom. The lowest BCUT2D eigenvalue weighted by molar-refractivity contribution is -0.384. The van der Waals surface area contributed by atoms with Crippen LogP contribution in [0.4, 0.5) is 24.5 Å². The number of ether oxygens (including phenoxy) is 1. The molecule has 1 amide bonds. The molecule has 31 heavy (non-hydrogen) atoms. The van der Waals surface area contributed by atoms with Gasteiger partial charge in [0.15, 0.2) is 6.61 Å². The van der Waals surface area contributed by atoms with Crippen LogP contribution in [0.2, 0.25) is 0 Å². The molecule has 2 aromatic rings. The first-order valence-corrected chi connectivity index (χ1v) is 9.05. The number of amides is 1. The van der Waals surface area contributed by atoms with E-state index >= 15 is 0 Å². The number of hydrogen-bond donors (Lipinski definition) is 1. The number of anilines is 1. The number of hydrogen-bond acceptors (Lipinski definition) is 6. The summed E-state index contributed by atoms with van der Waals surface area (Å²) in [5, 5.41) is 13.6. The molecule has 1 atom stereocenters. The molecule has 0 aliphatic heterocycles. The van der Waals surface area contributed by atoms with Crippen LogP contribution < -0.4 is 5.32 Å². The maximum absolute atomic E-state index is 12.8. The van der Waals surface area contributed by atoms with Gasteiger partial charge in [-0.2, -0.15) is 13.2 Å². The highest BCUT2D eigenvalue weighted by molar-refractivity contribution is 5.84. The van der Waals surface area contributed by atoms with Crippen LogP contribution in [-0.4, -0.2) is 41.4 Å². The Morgan fingerprint density at radius 3 is 2.42 bits per heavy atom. The van der Waals surface area contributed by atoms with Gasteiger partial charge in [-0.15, -0.1) is 0 Å². The SMILES string of the molecule is CC(Nc1ccc(C(F)(F)F)cc1[N+](=O)[O-])C(=O)OCC(=O)N(C)Cc1ccccc1. The summed E-state index contributed by atoms with van der Waals surface area (Å²) in [5.41, 5.74) is -1.43. The number of esters is 1. The van der Waals surface area contributed by atoms with Gasteiger partial charge in [0.05, 0.1) is 10.5 Å². The average molecular weight is 439 g/mol. The van der Waals surface area contributed by atoms with Gasteiger partial charge in [0.25, 0.3) is 11.6 Å². The molecule has 2 rings (SSSR count). The first-order chi connectivity index (χ1) is 14.5. The van der Waals surface area contributed by atoms with Gasteiger partial charge < -0.3 is 15.0 Å². The van der Waals surface area contributed by atoms with E-state index in [4.69, 9.17) is 4.74 Å². The predicted octanol–water partition coefficient (Wildman–Crippen LogP) is 3.62. The summed E-state index contributed by atoms with van der Waals surface area (Å²) in [5.74, 6) is -1.36. The smallest absolute Gasteiger partial charge is 0.416 e. The Hall–Kier alpha value is -3.63. The molecular weight excluding hydrogens is 419 g/mol. The van der Waals surface area contributed by atoms with E-state index in [9.17, 15) is 32.9 Å². The molecule has 1 N–H and O–H groups in total. The molecule has 8 nitrogen and oxygen atoms in total. The highest BCUT2D eigenvalue weighted by Crippen LogP contribution is 2.35. The van der Waals surface area contributed by atoms with Crippen LogP contribution in [0.15, 0.2) is 48.5 Å². The van der Waals surface area contributed by atoms with Crippen molar-refractivity contribution in [2.75, 3.05) is 19.0 Å². The van der Waals surface area contributed by atoms with Crippen molar-refractivity contribution in [3.8, 4) is 0 Å². The Bertz CT molecular complexity index is 951. The summed E-state index contributed by atoms with van der Waals surface area (Å²) in [4.78, 5) is 35.8. The zero-order valence-corrected chi connectivity index (χ0v) is 16.7. The van der Waals surface area contributed by atoms with Gasteiger partial charge in [-0.1, -0.05) is 30.3 Å². The molecule has 0 fully saturated rings. The van der Waals surface area contributed by atoms with Gasteiger partial charge in [-0.3, -0.25) is 14.9 Å². The maximum atomic E-state index is 12.8. The molecule has 0 radical (unpaired) electrons. The number of alkyl halides is 3. The molecule has 0 aromatic heterocycles. The Balaban J connectivity index is 1.96. The number of nitro groups is 1. The molecule has 0 aliphatic rings. The van der Waals surface area contributed by atoms with E-state index in [1.165, 1.54) is 18.9 Å². The lowest BCUT2D eigenvalue weighted by atomic mass is 10.1. The van der Waals surface area contributed by atoms with Gasteiger partial charge >= 0.3 is 12.1 Å². The summed E-state index contributed by atoms with van der Waals surface area (Å²) in [6, 6.07) is 9.90. The zero-order chi connectivity index (χ0) is 23.2. The lowest BCUT2D eigenvalue weighted by Crippen LogP contribution is -2.34. The molecule has 0 saturated heterocycles. The molecule has 0 bridgehead atoms. The minimum Gasteiger partial charge on any atom is -0.454 e. The molecule has 0 heterocycles. The molecule has 2 aromatic carbocycles. The maximum Gasteiger partial charge on any atom is 0.416 e. The van der Waals surface area contributed by atoms with E-state index < -0.39 is 46.9 Å². The number of likely N-dealkylation sites (N-methyl/N-ethyl adjacent to an activating group) is 1. The Kier molecular flexibility index (Phi) is 7.56. The van der Waals surface area contributed by atoms with Gasteiger partial charge in [0.1, 0.15) is 11.7 Å². The normalized spacial score (nSPS) is 12.0. The third kappa shape index (κ3) is 6.69. The van der Waals surface area contributed by atoms with Crippen molar-refractivity contribution in [1.82, 2.24) is 4.90 Å². The summed E-state index contributed by atoms with van der Waals surface area (Å²) < 4.78 is 43.3. The van der Waals surface area contributed by atoms with Crippen LogP contribution in [0.3, 0.4) is 0 Å². The Morgan fingerprint density at radius 2 is 1.84 bits per heavy atom. The fourth-order valence-corrected chi connectivity index (χ4v) is 2.59. The van der Waals surface area contributed by atoms with Crippen molar-refractivity contribution in [3.63, 3.8) is 0 Å². The number of benzene rings is 2. The zero-order valence-electron chi connectivity index (χ0n) is 16.7. The van der Waals surface area contributed by atoms with Crippen LogP contribution in [-0.2, 0) is 27.0 Å². The molecule has 0 spiro atoms. The van der Waals surface area contributed by atoms with Crippen molar-refractivity contribution in [2.45, 2.75) is 25.7 Å². The largest absolute Gasteiger partial charge is 0.454 e. The molecule has 166 valence electrons. The number of nitro benzene ring substituents is 1. The summed E-state index contributed by atoms with van der Waals surface area (Å²) in [7, 11) is 1.54. The van der Waals surface area contributed by atoms with Crippen molar-refractivity contribution < 1.29 is 32.4 Å². The predicted molar refractivity (Wildman–Crippen MR) is 105 cm³/mol. The molecule has 0 saturated carbocycles. The molecule has 0 aliphatic carbocycles. The number of nitrogens with one attached hydrogen (secondary N) is 1. The first kappa shape index (κ1) is 23.6. The van der Waals surface area contributed by atoms with Crippen LogP contribution in [0.1, 0.15) is 18.1 Å². The first-order valence-electron chi connectivity index (χ1n) is 9.05. The van der Waals surface area contributed by atoms with Crippen molar-refractivity contribution in [1.29, 1.82) is 0 Å². The van der Waals surface area contributed by atoms with Crippen LogP contribution in [0.25, 0.3) is 0 Å². The van der Waals surface area contributed by atoms with E-state index in [-0.39, 0.29) is 5.69 Å². The van der Waals surface area contributed by atoms with E-state index in [1.54, 1.807) is 0 Å². The minimum absolute atomic E-state index is 0.282. The van der Waals surface area contributed by atoms with E-state index in [1.807, 2.05) is 30.3 Å². The van der Waals surface area contributed by atoms with Gasteiger partial charge in [0.2, 0.25) is 0 Å². The third-order valence-corrected chi connectivity index (χ3v) is 4.27. The second kappa shape index (κ2) is 9.92. The molecule has 11 heteroatoms. The van der Waals surface area contributed by atoms with Crippen LogP contribution in [0.5, 0.6) is 0 Å². The van der Waals surface area contributed by atoms with Crippen LogP contribution in [0, 0.1) is 10.1 Å². The average Bonchev–Trinajstić information content (AvgIpc) is 2.71. The molecule has 1 unspecified atom stereocenters. The fourth-order valence-electron chi connectivity index (χ4n) is 2.59. The summed E-state index contributed by atoms with van der Waals surface area (Å²) in [6.45, 7) is 1.06. The quantitative estimate of drug-likeness (QED) is 0.383. The van der Waals surface area contributed by atoms with Gasteiger partial charge in [-0.25, -0.2) is 4.79 Å². The van der Waals surface area contributed by atoms with Crippen molar-refractivity contribution >= 4 is 23.3 Å². The fraction of sp³-hybridized carbons (Fsp3) is 0.300.